The second-order valence-corrected chi connectivity index (χ2v) is 8.16. The van der Waals surface area contributed by atoms with Gasteiger partial charge in [0.05, 0.1) is 11.6 Å². The minimum atomic E-state index is -1.30. The van der Waals surface area contributed by atoms with Crippen molar-refractivity contribution < 1.29 is 23.5 Å². The minimum absolute atomic E-state index is 0.0109. The Morgan fingerprint density at radius 1 is 0.938 bits per heavy atom. The molecule has 4 rings (SSSR count). The predicted octanol–water partition coefficient (Wildman–Crippen LogP) is 6.21. The van der Waals surface area contributed by atoms with E-state index in [4.69, 9.17) is 23.2 Å². The Morgan fingerprint density at radius 3 is 2.22 bits per heavy atom. The van der Waals surface area contributed by atoms with Crippen molar-refractivity contribution in [2.45, 2.75) is 13.0 Å². The fourth-order valence-corrected chi connectivity index (χ4v) is 4.23. The number of halogens is 4. The first-order valence-electron chi connectivity index (χ1n) is 9.47. The Bertz CT molecular complexity index is 1290. The van der Waals surface area contributed by atoms with Crippen LogP contribution in [0.15, 0.2) is 66.2 Å². The number of carbonyl (C=O) groups is 2. The third kappa shape index (κ3) is 3.76. The fraction of sp³-hybridized carbons (Fsp3) is 0.0833. The fourth-order valence-electron chi connectivity index (χ4n) is 3.72. The largest absolute Gasteiger partial charge is 0.507 e. The highest BCUT2D eigenvalue weighted by Gasteiger charge is 2.48. The summed E-state index contributed by atoms with van der Waals surface area (Å²) in [7, 11) is 0. The molecule has 1 N–H and O–H groups in total. The Kier molecular flexibility index (Phi) is 5.75. The van der Waals surface area contributed by atoms with Gasteiger partial charge in [0.2, 0.25) is 0 Å². The van der Waals surface area contributed by atoms with Crippen molar-refractivity contribution in [1.82, 2.24) is 0 Å². The summed E-state index contributed by atoms with van der Waals surface area (Å²) in [5.41, 5.74) is 0.164. The van der Waals surface area contributed by atoms with Gasteiger partial charge in [0.1, 0.15) is 17.4 Å². The molecule has 3 aromatic carbocycles. The molecule has 1 amide bonds. The normalized spacial score (nSPS) is 17.8. The van der Waals surface area contributed by atoms with E-state index in [1.54, 1.807) is 6.07 Å². The highest BCUT2D eigenvalue weighted by Crippen LogP contribution is 2.44. The number of Topliss-reactive ketones (excluding diaryl/α,β-unsaturated/α-hetero) is 1. The maximum atomic E-state index is 14.8. The first-order chi connectivity index (χ1) is 15.2. The first-order valence-corrected chi connectivity index (χ1v) is 10.2. The summed E-state index contributed by atoms with van der Waals surface area (Å²) in [5, 5.41) is 11.4. The highest BCUT2D eigenvalue weighted by molar-refractivity contribution is 6.52. The summed E-state index contributed by atoms with van der Waals surface area (Å²) in [6.45, 7) is 1.49. The van der Waals surface area contributed by atoms with Crippen LogP contribution >= 0.6 is 23.2 Å². The van der Waals surface area contributed by atoms with Crippen LogP contribution < -0.4 is 4.90 Å². The van der Waals surface area contributed by atoms with Crippen LogP contribution in [-0.4, -0.2) is 16.8 Å². The van der Waals surface area contributed by atoms with Crippen molar-refractivity contribution in [3.05, 3.63) is 105 Å². The van der Waals surface area contributed by atoms with E-state index in [1.165, 1.54) is 55.5 Å². The molecule has 1 fully saturated rings. The van der Waals surface area contributed by atoms with Crippen LogP contribution in [0.25, 0.3) is 5.76 Å². The number of rotatable bonds is 3. The Hall–Kier alpha value is -3.22. The number of amides is 1. The van der Waals surface area contributed by atoms with Crippen LogP contribution in [0.1, 0.15) is 22.7 Å². The van der Waals surface area contributed by atoms with Gasteiger partial charge in [-0.3, -0.25) is 14.5 Å². The lowest BCUT2D eigenvalue weighted by Gasteiger charge is -2.26. The molecule has 0 bridgehead atoms. The van der Waals surface area contributed by atoms with Crippen LogP contribution in [0.3, 0.4) is 0 Å². The van der Waals surface area contributed by atoms with Crippen LogP contribution in [0, 0.1) is 18.6 Å². The molecule has 0 aliphatic carbocycles. The van der Waals surface area contributed by atoms with E-state index in [2.05, 4.69) is 0 Å². The number of benzene rings is 3. The molecule has 0 spiro atoms. The van der Waals surface area contributed by atoms with E-state index in [-0.39, 0.29) is 38.0 Å². The van der Waals surface area contributed by atoms with E-state index < -0.39 is 35.1 Å². The molecule has 0 aromatic heterocycles. The molecule has 1 aliphatic rings. The van der Waals surface area contributed by atoms with Gasteiger partial charge in [0, 0.05) is 26.9 Å². The second-order valence-electron chi connectivity index (χ2n) is 7.28. The predicted molar refractivity (Wildman–Crippen MR) is 119 cm³/mol. The van der Waals surface area contributed by atoms with Gasteiger partial charge in [-0.1, -0.05) is 41.4 Å². The van der Waals surface area contributed by atoms with Gasteiger partial charge in [0.25, 0.3) is 11.7 Å². The zero-order chi connectivity index (χ0) is 23.2. The lowest BCUT2D eigenvalue weighted by Crippen LogP contribution is -2.29. The number of nitrogens with zero attached hydrogens (tertiary/aromatic N) is 1. The Morgan fingerprint density at radius 2 is 1.59 bits per heavy atom. The smallest absolute Gasteiger partial charge is 0.300 e. The summed E-state index contributed by atoms with van der Waals surface area (Å²) >= 11 is 12.2. The molecule has 0 saturated carbocycles. The van der Waals surface area contributed by atoms with Gasteiger partial charge in [0.15, 0.2) is 0 Å². The molecule has 1 aliphatic heterocycles. The summed E-state index contributed by atoms with van der Waals surface area (Å²) in [6.07, 6.45) is 0. The van der Waals surface area contributed by atoms with Crippen molar-refractivity contribution >= 4 is 46.3 Å². The lowest BCUT2D eigenvalue weighted by atomic mass is 9.94. The topological polar surface area (TPSA) is 57.6 Å². The number of carbonyl (C=O) groups excluding carboxylic acids is 2. The van der Waals surface area contributed by atoms with Gasteiger partial charge < -0.3 is 5.11 Å². The summed E-state index contributed by atoms with van der Waals surface area (Å²) in [5.74, 6) is -3.74. The highest BCUT2D eigenvalue weighted by atomic mass is 35.5. The van der Waals surface area contributed by atoms with Crippen LogP contribution in [0.2, 0.25) is 10.0 Å². The van der Waals surface area contributed by atoms with E-state index >= 15 is 0 Å². The van der Waals surface area contributed by atoms with Crippen molar-refractivity contribution in [2.24, 2.45) is 0 Å². The lowest BCUT2D eigenvalue weighted by molar-refractivity contribution is -0.132. The van der Waals surface area contributed by atoms with Crippen LogP contribution in [-0.2, 0) is 9.59 Å². The van der Waals surface area contributed by atoms with Gasteiger partial charge in [-0.15, -0.1) is 0 Å². The second kappa shape index (κ2) is 8.37. The maximum Gasteiger partial charge on any atom is 0.300 e. The van der Waals surface area contributed by atoms with Crippen LogP contribution in [0.5, 0.6) is 0 Å². The van der Waals surface area contributed by atoms with E-state index in [1.807, 2.05) is 0 Å². The Labute approximate surface area is 192 Å². The number of hydrogen-bond donors (Lipinski definition) is 1. The van der Waals surface area contributed by atoms with Crippen molar-refractivity contribution in [3.8, 4) is 0 Å². The molecule has 1 unspecified atom stereocenters. The standard InChI is InChI=1S/C24H15Cl2F2NO3/c1-12-8-13(6-7-18(12)27)22(30)20-21(17-4-2-3-5-19(17)28)29(24(32)23(20)31)16-10-14(25)9-15(26)11-16/h2-11,21,30H,1H3/b22-20+. The number of anilines is 1. The zero-order valence-corrected chi connectivity index (χ0v) is 18.1. The van der Waals surface area contributed by atoms with E-state index in [9.17, 15) is 23.5 Å². The summed E-state index contributed by atoms with van der Waals surface area (Å²) < 4.78 is 28.6. The number of aliphatic hydroxyl groups excluding tert-OH is 1. The molecule has 4 nitrogen and oxygen atoms in total. The third-order valence-electron chi connectivity index (χ3n) is 5.20. The monoisotopic (exact) mass is 473 g/mol. The van der Waals surface area contributed by atoms with Crippen molar-refractivity contribution in [1.29, 1.82) is 0 Å². The maximum absolute atomic E-state index is 14.8. The molecule has 162 valence electrons. The summed E-state index contributed by atoms with van der Waals surface area (Å²) in [4.78, 5) is 27.1. The number of aliphatic hydroxyl groups is 1. The van der Waals surface area contributed by atoms with Gasteiger partial charge in [-0.25, -0.2) is 8.78 Å². The molecule has 0 radical (unpaired) electrons. The number of hydrogen-bond acceptors (Lipinski definition) is 3. The van der Waals surface area contributed by atoms with E-state index in [0.29, 0.717) is 0 Å². The molecule has 1 heterocycles. The van der Waals surface area contributed by atoms with Crippen molar-refractivity contribution in [2.75, 3.05) is 4.90 Å². The molecule has 8 heteroatoms. The van der Waals surface area contributed by atoms with Crippen LogP contribution in [0.4, 0.5) is 14.5 Å². The van der Waals surface area contributed by atoms with Crippen molar-refractivity contribution in [3.63, 3.8) is 0 Å². The van der Waals surface area contributed by atoms with Gasteiger partial charge in [-0.2, -0.15) is 0 Å². The molecular formula is C24H15Cl2F2NO3. The third-order valence-corrected chi connectivity index (χ3v) is 5.64. The molecule has 3 aromatic rings. The van der Waals surface area contributed by atoms with E-state index in [0.717, 1.165) is 11.0 Å². The number of ketones is 1. The van der Waals surface area contributed by atoms with Gasteiger partial charge in [-0.05, 0) is 55.0 Å². The molecule has 1 atom stereocenters. The minimum Gasteiger partial charge on any atom is -0.507 e. The average molecular weight is 474 g/mol. The SMILES string of the molecule is Cc1cc(/C(O)=C2\C(=O)C(=O)N(c3cc(Cl)cc(Cl)c3)C2c2ccccc2F)ccc1F. The number of aryl methyl sites for hydroxylation is 1. The zero-order valence-electron chi connectivity index (χ0n) is 16.6. The molecule has 1 saturated heterocycles. The first kappa shape index (κ1) is 22.0. The van der Waals surface area contributed by atoms with Gasteiger partial charge >= 0.3 is 0 Å². The molecule has 32 heavy (non-hydrogen) atoms. The molecular weight excluding hydrogens is 459 g/mol. The quantitative estimate of drug-likeness (QED) is 0.279. The summed E-state index contributed by atoms with van der Waals surface area (Å²) in [6, 6.07) is 12.3. The Balaban J connectivity index is 2.00. The average Bonchev–Trinajstić information content (AvgIpc) is 3.00.